The Morgan fingerprint density at radius 1 is 0.836 bits per heavy atom. The first-order valence-electron chi connectivity index (χ1n) is 20.5. The van der Waals surface area contributed by atoms with Gasteiger partial charge in [-0.05, 0) is 54.5 Å². The highest BCUT2D eigenvalue weighted by Gasteiger charge is 2.32. The zero-order valence-corrected chi connectivity index (χ0v) is 36.3. The van der Waals surface area contributed by atoms with Crippen molar-refractivity contribution in [3.05, 3.63) is 82.1 Å². The first kappa shape index (κ1) is 43.9. The summed E-state index contributed by atoms with van der Waals surface area (Å²) in [5.41, 5.74) is 3.63. The second-order valence-corrected chi connectivity index (χ2v) is 17.1. The number of hydrogen-bond acceptors (Lipinski definition) is 11. The predicted octanol–water partition coefficient (Wildman–Crippen LogP) is 8.52. The molecule has 17 heteroatoms. The van der Waals surface area contributed by atoms with Crippen molar-refractivity contribution in [3.63, 3.8) is 0 Å². The molecule has 3 aromatic heterocycles. The highest BCUT2D eigenvalue weighted by Crippen LogP contribution is 2.38. The van der Waals surface area contributed by atoms with Crippen LogP contribution in [0.2, 0.25) is 5.02 Å². The van der Waals surface area contributed by atoms with Crippen LogP contribution in [0.15, 0.2) is 42.7 Å². The van der Waals surface area contributed by atoms with Gasteiger partial charge in [-0.25, -0.2) is 32.3 Å². The Hall–Kier alpha value is -5.19. The molecule has 3 saturated heterocycles. The normalized spacial score (nSPS) is 18.6. The fourth-order valence-corrected chi connectivity index (χ4v) is 8.28. The molecule has 2 atom stereocenters. The Balaban J connectivity index is 0.000000187. The third-order valence-electron chi connectivity index (χ3n) is 11.1. The quantitative estimate of drug-likeness (QED) is 0.166. The van der Waals surface area contributed by atoms with Crippen molar-refractivity contribution >= 4 is 68.2 Å². The van der Waals surface area contributed by atoms with Gasteiger partial charge in [0.25, 0.3) is 0 Å². The number of carbonyl (C=O) groups excluding carboxylic acids is 1. The van der Waals surface area contributed by atoms with Gasteiger partial charge in [0, 0.05) is 99.8 Å². The van der Waals surface area contributed by atoms with Gasteiger partial charge in [0.05, 0.1) is 69.5 Å². The molecule has 0 unspecified atom stereocenters. The van der Waals surface area contributed by atoms with Gasteiger partial charge in [-0.3, -0.25) is 4.98 Å². The minimum atomic E-state index is -0.732. The predicted molar refractivity (Wildman–Crippen MR) is 233 cm³/mol. The van der Waals surface area contributed by atoms with Gasteiger partial charge >= 0.3 is 6.09 Å². The molecule has 0 radical (unpaired) electrons. The van der Waals surface area contributed by atoms with Gasteiger partial charge in [0.1, 0.15) is 40.5 Å². The summed E-state index contributed by atoms with van der Waals surface area (Å²) in [5.74, 6) is -1.41. The van der Waals surface area contributed by atoms with E-state index in [-0.39, 0.29) is 39.5 Å². The van der Waals surface area contributed by atoms with Gasteiger partial charge < -0.3 is 39.7 Å². The van der Waals surface area contributed by atoms with E-state index in [1.54, 1.807) is 18.0 Å². The number of hydrogen-bond donors (Lipinski definition) is 2. The number of halogens is 5. The standard InChI is InChI=1S/C24H28F2N6O.C20H24ClF2N3O2/c1-15-12-27-3-4-32(15)24-16(2)23(22-20(26)9-17(25)10-21(22)30-24)29-18-11-19(14-28-13-18)31-5-7-33-8-6-31;1-11-10-25(19(27)28-20(3,4)5)6-7-26(11)18-12(2)17(21)16-14(23)8-13(22)9-15(16)24-18/h9-11,13-15,27H,3-8,12H2,1-2H3,(H,29,30);8-9,11H,6-7,10H2,1-5H3/t15-;11-/m11/s1. The van der Waals surface area contributed by atoms with Crippen molar-refractivity contribution in [1.82, 2.24) is 25.2 Å². The molecule has 6 heterocycles. The van der Waals surface area contributed by atoms with E-state index < -0.39 is 28.9 Å². The number of rotatable bonds is 5. The molecule has 3 fully saturated rings. The summed E-state index contributed by atoms with van der Waals surface area (Å²) >= 11 is 6.39. The molecule has 2 aromatic carbocycles. The van der Waals surface area contributed by atoms with E-state index in [4.69, 9.17) is 26.1 Å². The number of nitrogens with zero attached hydrogens (tertiary/aromatic N) is 7. The number of anilines is 5. The van der Waals surface area contributed by atoms with Crippen LogP contribution in [0.4, 0.5) is 51.1 Å². The maximum atomic E-state index is 15.0. The number of nitrogens with one attached hydrogen (secondary N) is 2. The molecule has 2 N–H and O–H groups in total. The number of morpholine rings is 1. The van der Waals surface area contributed by atoms with E-state index in [1.165, 1.54) is 12.1 Å². The van der Waals surface area contributed by atoms with Crippen LogP contribution in [-0.2, 0) is 9.47 Å². The smallest absolute Gasteiger partial charge is 0.410 e. The van der Waals surface area contributed by atoms with Crippen LogP contribution in [0.1, 0.15) is 45.7 Å². The SMILES string of the molecule is Cc1c(N2CCN(C(=O)OC(C)(C)C)C[C@H]2C)nc2cc(F)cc(F)c2c1Cl.Cc1c(N2CCNC[C@H]2C)nc2cc(F)cc(F)c2c1Nc1cncc(N2CCOCC2)c1. The van der Waals surface area contributed by atoms with Crippen LogP contribution in [0.25, 0.3) is 21.8 Å². The van der Waals surface area contributed by atoms with Gasteiger partial charge in [-0.15, -0.1) is 0 Å². The first-order chi connectivity index (χ1) is 29.0. The number of aromatic nitrogens is 3. The number of benzene rings is 2. The molecule has 326 valence electrons. The summed E-state index contributed by atoms with van der Waals surface area (Å²) in [6, 6.07) is 6.32. The van der Waals surface area contributed by atoms with Gasteiger partial charge in [0.15, 0.2) is 0 Å². The van der Waals surface area contributed by atoms with Gasteiger partial charge in [-0.1, -0.05) is 11.6 Å². The van der Waals surface area contributed by atoms with Crippen molar-refractivity contribution in [1.29, 1.82) is 0 Å². The molecule has 3 aliphatic rings. The molecular formula is C44H52ClF4N9O3. The molecule has 3 aliphatic heterocycles. The van der Waals surface area contributed by atoms with Crippen molar-refractivity contribution in [2.24, 2.45) is 0 Å². The highest BCUT2D eigenvalue weighted by molar-refractivity contribution is 6.36. The Morgan fingerprint density at radius 3 is 2.10 bits per heavy atom. The van der Waals surface area contributed by atoms with Crippen molar-refractivity contribution in [2.45, 2.75) is 66.2 Å². The van der Waals surface area contributed by atoms with Gasteiger partial charge in [-0.2, -0.15) is 0 Å². The fraction of sp³-hybridized carbons (Fsp3) is 0.455. The molecule has 0 spiro atoms. The lowest BCUT2D eigenvalue weighted by molar-refractivity contribution is 0.0218. The highest BCUT2D eigenvalue weighted by atomic mass is 35.5. The molecule has 0 saturated carbocycles. The molecule has 8 rings (SSSR count). The number of fused-ring (bicyclic) bond motifs is 2. The minimum absolute atomic E-state index is 0.0700. The van der Waals surface area contributed by atoms with E-state index in [1.807, 2.05) is 51.8 Å². The number of piperazine rings is 2. The Bertz CT molecular complexity index is 2430. The van der Waals surface area contributed by atoms with Crippen LogP contribution in [0, 0.1) is 37.1 Å². The number of ether oxygens (including phenoxy) is 2. The molecule has 0 bridgehead atoms. The van der Waals surface area contributed by atoms with Crippen molar-refractivity contribution in [3.8, 4) is 0 Å². The van der Waals surface area contributed by atoms with E-state index in [0.717, 1.165) is 67.6 Å². The molecule has 5 aromatic rings. The van der Waals surface area contributed by atoms with E-state index in [9.17, 15) is 18.0 Å². The molecule has 61 heavy (non-hydrogen) atoms. The Kier molecular flexibility index (Phi) is 13.0. The second kappa shape index (κ2) is 18.0. The van der Waals surface area contributed by atoms with Crippen LogP contribution in [0.5, 0.6) is 0 Å². The average Bonchev–Trinajstić information content (AvgIpc) is 3.20. The maximum absolute atomic E-state index is 15.0. The Labute approximate surface area is 358 Å². The summed E-state index contributed by atoms with van der Waals surface area (Å²) in [5, 5.41) is 7.37. The van der Waals surface area contributed by atoms with E-state index >= 15 is 4.39 Å². The van der Waals surface area contributed by atoms with Crippen LogP contribution < -0.4 is 25.3 Å². The lowest BCUT2D eigenvalue weighted by Gasteiger charge is -2.41. The summed E-state index contributed by atoms with van der Waals surface area (Å²) in [6.07, 6.45) is 3.17. The third kappa shape index (κ3) is 9.66. The fourth-order valence-electron chi connectivity index (χ4n) is 8.01. The molecule has 0 aliphatic carbocycles. The third-order valence-corrected chi connectivity index (χ3v) is 11.5. The molecule has 12 nitrogen and oxygen atoms in total. The van der Waals surface area contributed by atoms with Crippen molar-refractivity contribution in [2.75, 3.05) is 85.6 Å². The topological polar surface area (TPSA) is 111 Å². The number of amides is 1. The lowest BCUT2D eigenvalue weighted by atomic mass is 10.1. The summed E-state index contributed by atoms with van der Waals surface area (Å²) < 4.78 is 67.9. The monoisotopic (exact) mass is 865 g/mol. The Morgan fingerprint density at radius 2 is 1.46 bits per heavy atom. The summed E-state index contributed by atoms with van der Waals surface area (Å²) in [6.45, 7) is 20.0. The molecular weight excluding hydrogens is 814 g/mol. The lowest BCUT2D eigenvalue weighted by Crippen LogP contribution is -2.55. The van der Waals surface area contributed by atoms with Crippen molar-refractivity contribution < 1.29 is 31.8 Å². The van der Waals surface area contributed by atoms with Crippen LogP contribution in [0.3, 0.4) is 0 Å². The molecule has 1 amide bonds. The van der Waals surface area contributed by atoms with E-state index in [0.29, 0.717) is 55.4 Å². The van der Waals surface area contributed by atoms with Crippen LogP contribution >= 0.6 is 11.6 Å². The largest absolute Gasteiger partial charge is 0.444 e. The number of pyridine rings is 3. The van der Waals surface area contributed by atoms with Gasteiger partial charge in [0.2, 0.25) is 0 Å². The minimum Gasteiger partial charge on any atom is -0.444 e. The second-order valence-electron chi connectivity index (χ2n) is 16.7. The average molecular weight is 866 g/mol. The van der Waals surface area contributed by atoms with E-state index in [2.05, 4.69) is 37.3 Å². The zero-order valence-electron chi connectivity index (χ0n) is 35.5. The maximum Gasteiger partial charge on any atom is 0.410 e. The summed E-state index contributed by atoms with van der Waals surface area (Å²) in [4.78, 5) is 34.0. The summed E-state index contributed by atoms with van der Waals surface area (Å²) in [7, 11) is 0. The first-order valence-corrected chi connectivity index (χ1v) is 20.9. The number of carbonyl (C=O) groups is 1. The zero-order chi connectivity index (χ0) is 43.7. The van der Waals surface area contributed by atoms with Crippen LogP contribution in [-0.4, -0.2) is 109 Å².